The fraction of sp³-hybridized carbons (Fsp3) is 0.478. The van der Waals surface area contributed by atoms with E-state index in [9.17, 15) is 18.4 Å². The summed E-state index contributed by atoms with van der Waals surface area (Å²) >= 11 is 0. The fourth-order valence-electron chi connectivity index (χ4n) is 9.64. The van der Waals surface area contributed by atoms with Crippen LogP contribution in [0.2, 0.25) is 0 Å². The van der Waals surface area contributed by atoms with Crippen LogP contribution in [0.4, 0.5) is 20.4 Å². The van der Waals surface area contributed by atoms with Crippen molar-refractivity contribution < 1.29 is 33.0 Å². The third kappa shape index (κ3) is 10.1. The van der Waals surface area contributed by atoms with Crippen LogP contribution in [0, 0.1) is 22.5 Å². The summed E-state index contributed by atoms with van der Waals surface area (Å²) in [7, 11) is 0. The maximum atomic E-state index is 13.3. The van der Waals surface area contributed by atoms with E-state index in [1.807, 2.05) is 17.9 Å². The van der Waals surface area contributed by atoms with E-state index in [0.29, 0.717) is 29.6 Å². The number of rotatable bonds is 4. The molecule has 2 aromatic carbocycles. The summed E-state index contributed by atoms with van der Waals surface area (Å²) in [6, 6.07) is 16.5. The first-order chi connectivity index (χ1) is 28.4. The standard InChI is InChI=1S/C23H26FN3O2.C15H13FN2O2.C8H15NO.2ClH/c1-22(18-2-4-19(24)5-3-18)13-16-12-17(14-25-20(16)26-22)21(28)27-9-6-23(15-27)7-10-29-11-8-23;1-15(11-2-4-12(16)5-3-11)7-9-6-10(14(19)20)8-17-13(9)18-15;1-4-9-7-8(1)2-5-10-6-3-8;;/h2-5,12,14H,6-11,13,15H2,1H3,(H,25,26);2-6,8H,7H2,1H3,(H,17,18)(H,19,20);9H,1-7H2;2*1H/t22-;15-;;;/m11.../s1. The SMILES string of the molecule is C1CC2(CCOCC2)CN1.C[C@]1(c2ccc(F)cc2)Cc2cc(C(=O)N3CCC4(CCOCC4)C3)cnc2N1.C[C@]1(c2ccc(F)cc2)Cc2cc(C(=O)O)cnc2N1.Cl.Cl. The fourth-order valence-corrected chi connectivity index (χ4v) is 9.64. The number of hydrogen-bond donors (Lipinski definition) is 4. The summed E-state index contributed by atoms with van der Waals surface area (Å²) in [4.78, 5) is 34.8. The van der Waals surface area contributed by atoms with E-state index in [0.717, 1.165) is 86.9 Å². The van der Waals surface area contributed by atoms with Crippen molar-refractivity contribution in [2.24, 2.45) is 10.8 Å². The number of halogens is 4. The van der Waals surface area contributed by atoms with E-state index < -0.39 is 11.5 Å². The first kappa shape index (κ1) is 46.1. The lowest BCUT2D eigenvalue weighted by Crippen LogP contribution is -2.35. The van der Waals surface area contributed by atoms with Gasteiger partial charge in [-0.15, -0.1) is 24.8 Å². The minimum absolute atomic E-state index is 0. The number of carboxylic acid groups (broad SMARTS) is 1. The number of fused-ring (bicyclic) bond motifs is 2. The molecule has 4 saturated heterocycles. The van der Waals surface area contributed by atoms with Crippen molar-refractivity contribution in [2.75, 3.05) is 63.2 Å². The Hall–Kier alpha value is -4.40. The summed E-state index contributed by atoms with van der Waals surface area (Å²) in [6.45, 7) is 11.7. The summed E-state index contributed by atoms with van der Waals surface area (Å²) in [5.41, 5.74) is 4.77. The number of likely N-dealkylation sites (tertiary alicyclic amines) is 1. The first-order valence-electron chi connectivity index (χ1n) is 20.8. The van der Waals surface area contributed by atoms with E-state index in [-0.39, 0.29) is 58.9 Å². The molecular formula is C46H56Cl2F2N6O5. The van der Waals surface area contributed by atoms with E-state index >= 15 is 0 Å². The first-order valence-corrected chi connectivity index (χ1v) is 20.8. The van der Waals surface area contributed by atoms with E-state index in [2.05, 4.69) is 32.8 Å². The molecule has 61 heavy (non-hydrogen) atoms. The molecule has 0 bridgehead atoms. The van der Waals surface area contributed by atoms with Crippen LogP contribution < -0.4 is 16.0 Å². The van der Waals surface area contributed by atoms with E-state index in [4.69, 9.17) is 14.6 Å². The second-order valence-corrected chi connectivity index (χ2v) is 17.7. The highest BCUT2D eigenvalue weighted by atomic mass is 35.5. The van der Waals surface area contributed by atoms with Gasteiger partial charge in [-0.1, -0.05) is 24.3 Å². The minimum Gasteiger partial charge on any atom is -0.478 e. The summed E-state index contributed by atoms with van der Waals surface area (Å²) < 4.78 is 37.1. The van der Waals surface area contributed by atoms with Gasteiger partial charge in [-0.05, 0) is 128 Å². The number of anilines is 2. The molecule has 10 rings (SSSR count). The van der Waals surface area contributed by atoms with Crippen molar-refractivity contribution >= 4 is 48.3 Å². The molecule has 2 aromatic heterocycles. The lowest BCUT2D eigenvalue weighted by Gasteiger charge is -2.33. The molecule has 0 aliphatic carbocycles. The molecular weight excluding hydrogens is 825 g/mol. The predicted octanol–water partition coefficient (Wildman–Crippen LogP) is 8.17. The number of nitrogens with one attached hydrogen (secondary N) is 3. The highest BCUT2D eigenvalue weighted by Gasteiger charge is 2.42. The molecule has 2 atom stereocenters. The van der Waals surface area contributed by atoms with Gasteiger partial charge in [0.1, 0.15) is 23.3 Å². The monoisotopic (exact) mass is 880 g/mol. The number of ether oxygens (including phenoxy) is 2. The van der Waals surface area contributed by atoms with Crippen molar-refractivity contribution in [3.8, 4) is 0 Å². The Morgan fingerprint density at radius 3 is 1.64 bits per heavy atom. The topological polar surface area (TPSA) is 138 Å². The number of nitrogens with zero attached hydrogens (tertiary/aromatic N) is 3. The molecule has 0 saturated carbocycles. The Labute approximate surface area is 368 Å². The minimum atomic E-state index is -0.990. The number of pyridine rings is 2. The van der Waals surface area contributed by atoms with Gasteiger partial charge in [-0.25, -0.2) is 23.5 Å². The van der Waals surface area contributed by atoms with Gasteiger partial charge in [0.15, 0.2) is 0 Å². The highest BCUT2D eigenvalue weighted by Crippen LogP contribution is 2.42. The van der Waals surface area contributed by atoms with Crippen molar-refractivity contribution in [3.05, 3.63) is 118 Å². The van der Waals surface area contributed by atoms with Gasteiger partial charge in [-0.2, -0.15) is 0 Å². The third-order valence-corrected chi connectivity index (χ3v) is 13.4. The number of aromatic nitrogens is 2. The normalized spacial score (nSPS) is 23.7. The van der Waals surface area contributed by atoms with Crippen molar-refractivity contribution in [1.29, 1.82) is 0 Å². The highest BCUT2D eigenvalue weighted by molar-refractivity contribution is 5.95. The summed E-state index contributed by atoms with van der Waals surface area (Å²) in [5, 5.41) is 19.2. The Bertz CT molecular complexity index is 2160. The van der Waals surface area contributed by atoms with Crippen LogP contribution in [-0.4, -0.2) is 84.5 Å². The quantitative estimate of drug-likeness (QED) is 0.159. The molecule has 11 nitrogen and oxygen atoms in total. The number of hydrogen-bond acceptors (Lipinski definition) is 9. The van der Waals surface area contributed by atoms with E-state index in [1.165, 1.54) is 62.8 Å². The van der Waals surface area contributed by atoms with Crippen LogP contribution in [0.3, 0.4) is 0 Å². The summed E-state index contributed by atoms with van der Waals surface area (Å²) in [6.07, 6.45) is 11.4. The van der Waals surface area contributed by atoms with Gasteiger partial charge < -0.3 is 35.4 Å². The molecule has 0 radical (unpaired) electrons. The van der Waals surface area contributed by atoms with Crippen molar-refractivity contribution in [1.82, 2.24) is 20.2 Å². The molecule has 0 unspecified atom stereocenters. The number of carboxylic acids is 1. The lowest BCUT2D eigenvalue weighted by atomic mass is 9.80. The van der Waals surface area contributed by atoms with Gasteiger partial charge >= 0.3 is 5.97 Å². The Morgan fingerprint density at radius 1 is 0.689 bits per heavy atom. The molecule has 2 spiro atoms. The maximum Gasteiger partial charge on any atom is 0.337 e. The lowest BCUT2D eigenvalue weighted by molar-refractivity contribution is 0.0191. The number of carbonyl (C=O) groups excluding carboxylic acids is 1. The number of carbonyl (C=O) groups is 2. The largest absolute Gasteiger partial charge is 0.478 e. The molecule has 328 valence electrons. The zero-order valence-corrected chi connectivity index (χ0v) is 36.4. The molecule has 8 heterocycles. The smallest absolute Gasteiger partial charge is 0.337 e. The van der Waals surface area contributed by atoms with Crippen LogP contribution in [0.5, 0.6) is 0 Å². The average molecular weight is 882 g/mol. The zero-order chi connectivity index (χ0) is 41.3. The Kier molecular flexibility index (Phi) is 14.3. The second kappa shape index (κ2) is 18.9. The van der Waals surface area contributed by atoms with Crippen LogP contribution in [0.25, 0.3) is 0 Å². The van der Waals surface area contributed by atoms with Crippen LogP contribution >= 0.6 is 24.8 Å². The van der Waals surface area contributed by atoms with Crippen LogP contribution in [0.15, 0.2) is 73.1 Å². The summed E-state index contributed by atoms with van der Waals surface area (Å²) in [5.74, 6) is 0.0400. The maximum absolute atomic E-state index is 13.3. The van der Waals surface area contributed by atoms with Crippen LogP contribution in [0.1, 0.15) is 95.3 Å². The molecule has 4 fully saturated rings. The third-order valence-electron chi connectivity index (χ3n) is 13.4. The van der Waals surface area contributed by atoms with Gasteiger partial charge in [-0.3, -0.25) is 4.79 Å². The van der Waals surface area contributed by atoms with Gasteiger partial charge in [0, 0.05) is 71.3 Å². The Balaban J connectivity index is 0.000000168. The average Bonchev–Trinajstić information content (AvgIpc) is 4.03. The van der Waals surface area contributed by atoms with Gasteiger partial charge in [0.25, 0.3) is 5.91 Å². The van der Waals surface area contributed by atoms with Gasteiger partial charge in [0.05, 0.1) is 22.2 Å². The molecule has 4 N–H and O–H groups in total. The molecule has 6 aliphatic rings. The second-order valence-electron chi connectivity index (χ2n) is 17.7. The van der Waals surface area contributed by atoms with Gasteiger partial charge in [0.2, 0.25) is 0 Å². The Morgan fingerprint density at radius 2 is 1.16 bits per heavy atom. The van der Waals surface area contributed by atoms with Crippen molar-refractivity contribution in [2.45, 2.75) is 76.3 Å². The van der Waals surface area contributed by atoms with Crippen molar-refractivity contribution in [3.63, 3.8) is 0 Å². The molecule has 6 aliphatic heterocycles. The molecule has 15 heteroatoms. The number of aromatic carboxylic acids is 1. The predicted molar refractivity (Wildman–Crippen MR) is 235 cm³/mol. The van der Waals surface area contributed by atoms with Crippen LogP contribution in [-0.2, 0) is 33.4 Å². The number of benzene rings is 2. The zero-order valence-electron chi connectivity index (χ0n) is 34.7. The molecule has 4 aromatic rings. The number of amides is 1. The molecule has 1 amide bonds. The van der Waals surface area contributed by atoms with E-state index in [1.54, 1.807) is 36.5 Å².